The molecule has 0 unspecified atom stereocenters. The van der Waals surface area contributed by atoms with E-state index in [-0.39, 0.29) is 12.3 Å². The molecule has 3 aromatic rings. The average Bonchev–Trinajstić information content (AvgIpc) is 2.99. The first-order valence-electron chi connectivity index (χ1n) is 7.57. The van der Waals surface area contributed by atoms with Crippen LogP contribution < -0.4 is 4.73 Å². The van der Waals surface area contributed by atoms with Crippen molar-refractivity contribution in [2.24, 2.45) is 0 Å². The summed E-state index contributed by atoms with van der Waals surface area (Å²) in [5.41, 5.74) is 2.02. The Kier molecular flexibility index (Phi) is 4.56. The highest BCUT2D eigenvalue weighted by Crippen LogP contribution is 2.32. The summed E-state index contributed by atoms with van der Waals surface area (Å²) in [4.78, 5) is 16.1. The highest BCUT2D eigenvalue weighted by Gasteiger charge is 2.20. The first-order chi connectivity index (χ1) is 11.7. The van der Waals surface area contributed by atoms with Gasteiger partial charge in [-0.2, -0.15) is 4.73 Å². The summed E-state index contributed by atoms with van der Waals surface area (Å²) in [5, 5.41) is 11.6. The predicted molar refractivity (Wildman–Crippen MR) is 86.7 cm³/mol. The Bertz CT molecular complexity index is 843. The molecule has 2 heterocycles. The van der Waals surface area contributed by atoms with Crippen LogP contribution in [0.5, 0.6) is 0 Å². The van der Waals surface area contributed by atoms with Gasteiger partial charge in [0.15, 0.2) is 18.2 Å². The van der Waals surface area contributed by atoms with Crippen LogP contribution in [0.15, 0.2) is 59.3 Å². The average molecular weight is 324 g/mol. The number of hydrogen-bond acceptors (Lipinski definition) is 5. The lowest BCUT2D eigenvalue weighted by Crippen LogP contribution is -2.23. The molecule has 0 aliphatic carbocycles. The van der Waals surface area contributed by atoms with Gasteiger partial charge < -0.3 is 14.4 Å². The Morgan fingerprint density at radius 2 is 1.96 bits per heavy atom. The predicted octanol–water partition coefficient (Wildman–Crippen LogP) is 2.75. The second-order valence-electron chi connectivity index (χ2n) is 5.09. The Labute approximate surface area is 138 Å². The topological polar surface area (TPSA) is 79.3 Å². The highest BCUT2D eigenvalue weighted by atomic mass is 16.5. The summed E-state index contributed by atoms with van der Waals surface area (Å²) in [6.07, 6.45) is 2.74. The SMILES string of the molecule is CCOC(=O)Cc1nc(-c2ccccc2)c(-c2ccc[n+]([O-])c2)o1. The molecule has 6 nitrogen and oxygen atoms in total. The second kappa shape index (κ2) is 6.95. The number of oxazole rings is 1. The molecule has 0 amide bonds. The largest absolute Gasteiger partial charge is 0.619 e. The molecule has 2 aromatic heterocycles. The van der Waals surface area contributed by atoms with Crippen molar-refractivity contribution < 1.29 is 18.7 Å². The molecule has 0 aliphatic heterocycles. The van der Waals surface area contributed by atoms with Crippen LogP contribution in [-0.2, 0) is 16.0 Å². The van der Waals surface area contributed by atoms with E-state index in [2.05, 4.69) is 4.98 Å². The quantitative estimate of drug-likeness (QED) is 0.409. The third-order valence-corrected chi connectivity index (χ3v) is 3.36. The number of aromatic nitrogens is 2. The van der Waals surface area contributed by atoms with Crippen molar-refractivity contribution in [1.29, 1.82) is 0 Å². The Hall–Kier alpha value is -3.15. The minimum Gasteiger partial charge on any atom is -0.619 e. The smallest absolute Gasteiger partial charge is 0.315 e. The molecular weight excluding hydrogens is 308 g/mol. The van der Waals surface area contributed by atoms with E-state index in [1.165, 1.54) is 12.4 Å². The van der Waals surface area contributed by atoms with Crippen LogP contribution in [0.25, 0.3) is 22.6 Å². The van der Waals surface area contributed by atoms with E-state index < -0.39 is 5.97 Å². The summed E-state index contributed by atoms with van der Waals surface area (Å²) >= 11 is 0. The third-order valence-electron chi connectivity index (χ3n) is 3.36. The first-order valence-corrected chi connectivity index (χ1v) is 7.57. The lowest BCUT2D eigenvalue weighted by atomic mass is 10.1. The monoisotopic (exact) mass is 324 g/mol. The van der Waals surface area contributed by atoms with Crippen molar-refractivity contribution in [3.63, 3.8) is 0 Å². The minimum atomic E-state index is -0.406. The van der Waals surface area contributed by atoms with E-state index >= 15 is 0 Å². The third kappa shape index (κ3) is 3.43. The zero-order valence-electron chi connectivity index (χ0n) is 13.1. The molecule has 0 radical (unpaired) electrons. The van der Waals surface area contributed by atoms with Crippen molar-refractivity contribution in [2.45, 2.75) is 13.3 Å². The number of carbonyl (C=O) groups excluding carboxylic acids is 1. The van der Waals surface area contributed by atoms with Gasteiger partial charge >= 0.3 is 5.97 Å². The molecule has 6 heteroatoms. The van der Waals surface area contributed by atoms with E-state index in [1.54, 1.807) is 19.1 Å². The van der Waals surface area contributed by atoms with Gasteiger partial charge in [-0.1, -0.05) is 30.3 Å². The molecule has 0 saturated carbocycles. The molecule has 0 spiro atoms. The van der Waals surface area contributed by atoms with Gasteiger partial charge in [0.1, 0.15) is 12.1 Å². The first kappa shape index (κ1) is 15.7. The van der Waals surface area contributed by atoms with Crippen LogP contribution in [0.4, 0.5) is 0 Å². The highest BCUT2D eigenvalue weighted by molar-refractivity contribution is 5.77. The summed E-state index contributed by atoms with van der Waals surface area (Å²) in [5.74, 6) is 0.297. The molecule has 1 aromatic carbocycles. The van der Waals surface area contributed by atoms with Gasteiger partial charge in [0, 0.05) is 11.6 Å². The normalized spacial score (nSPS) is 10.5. The Morgan fingerprint density at radius 1 is 1.21 bits per heavy atom. The fourth-order valence-corrected chi connectivity index (χ4v) is 2.35. The number of pyridine rings is 1. The number of hydrogen-bond donors (Lipinski definition) is 0. The van der Waals surface area contributed by atoms with Crippen LogP contribution in [0.3, 0.4) is 0 Å². The van der Waals surface area contributed by atoms with Crippen LogP contribution in [-0.4, -0.2) is 17.6 Å². The zero-order chi connectivity index (χ0) is 16.9. The van der Waals surface area contributed by atoms with Crippen LogP contribution in [0.2, 0.25) is 0 Å². The molecule has 122 valence electrons. The molecule has 24 heavy (non-hydrogen) atoms. The van der Waals surface area contributed by atoms with Crippen molar-refractivity contribution in [3.8, 4) is 22.6 Å². The fourth-order valence-electron chi connectivity index (χ4n) is 2.35. The lowest BCUT2D eigenvalue weighted by Gasteiger charge is -2.01. The number of benzene rings is 1. The maximum absolute atomic E-state index is 11.7. The van der Waals surface area contributed by atoms with E-state index in [0.717, 1.165) is 5.56 Å². The van der Waals surface area contributed by atoms with Gasteiger partial charge in [-0.25, -0.2) is 4.98 Å². The van der Waals surface area contributed by atoms with Crippen LogP contribution in [0, 0.1) is 5.21 Å². The zero-order valence-corrected chi connectivity index (χ0v) is 13.1. The Balaban J connectivity index is 2.05. The van der Waals surface area contributed by atoms with Crippen molar-refractivity contribution in [2.75, 3.05) is 6.61 Å². The van der Waals surface area contributed by atoms with E-state index in [0.29, 0.717) is 28.4 Å². The summed E-state index contributed by atoms with van der Waals surface area (Å²) in [6.45, 7) is 2.04. The summed E-state index contributed by atoms with van der Waals surface area (Å²) in [6, 6.07) is 12.8. The lowest BCUT2D eigenvalue weighted by molar-refractivity contribution is -0.604. The van der Waals surface area contributed by atoms with Gasteiger partial charge in [-0.3, -0.25) is 4.79 Å². The summed E-state index contributed by atoms with van der Waals surface area (Å²) < 4.78 is 11.4. The van der Waals surface area contributed by atoms with Crippen LogP contribution >= 0.6 is 0 Å². The molecular formula is C18H16N2O4. The van der Waals surface area contributed by atoms with E-state index in [9.17, 15) is 10.0 Å². The molecule has 0 aliphatic rings. The number of carbonyl (C=O) groups is 1. The maximum atomic E-state index is 11.7. The summed E-state index contributed by atoms with van der Waals surface area (Å²) in [7, 11) is 0. The van der Waals surface area contributed by atoms with E-state index in [4.69, 9.17) is 9.15 Å². The van der Waals surface area contributed by atoms with Gasteiger partial charge in [0.05, 0.1) is 12.2 Å². The molecule has 0 bridgehead atoms. The number of nitrogens with zero attached hydrogens (tertiary/aromatic N) is 2. The van der Waals surface area contributed by atoms with E-state index in [1.807, 2.05) is 30.3 Å². The fraction of sp³-hybridized carbons (Fsp3) is 0.167. The molecule has 3 rings (SSSR count). The minimum absolute atomic E-state index is 0.0577. The number of rotatable bonds is 5. The number of ether oxygens (including phenoxy) is 1. The van der Waals surface area contributed by atoms with Gasteiger partial charge in [0.2, 0.25) is 5.89 Å². The van der Waals surface area contributed by atoms with Crippen molar-refractivity contribution >= 4 is 5.97 Å². The van der Waals surface area contributed by atoms with Crippen molar-refractivity contribution in [3.05, 3.63) is 66.0 Å². The maximum Gasteiger partial charge on any atom is 0.315 e. The molecule has 0 atom stereocenters. The molecule has 0 N–H and O–H groups in total. The van der Waals surface area contributed by atoms with Crippen molar-refractivity contribution in [1.82, 2.24) is 4.98 Å². The molecule has 0 saturated heterocycles. The Morgan fingerprint density at radius 3 is 2.67 bits per heavy atom. The van der Waals surface area contributed by atoms with Gasteiger partial charge in [-0.15, -0.1) is 0 Å². The van der Waals surface area contributed by atoms with Gasteiger partial charge in [0.25, 0.3) is 0 Å². The molecule has 0 fully saturated rings. The number of esters is 1. The van der Waals surface area contributed by atoms with Gasteiger partial charge in [-0.05, 0) is 13.0 Å². The standard InChI is InChI=1S/C18H16N2O4/c1-2-23-16(21)11-15-19-17(13-7-4-3-5-8-13)18(24-15)14-9-6-10-20(22)12-14/h3-10,12H,2,11H2,1H3. The second-order valence-corrected chi connectivity index (χ2v) is 5.09. The van der Waals surface area contributed by atoms with Crippen LogP contribution in [0.1, 0.15) is 12.8 Å².